The van der Waals surface area contributed by atoms with Gasteiger partial charge in [0.25, 0.3) is 5.91 Å². The second-order valence-corrected chi connectivity index (χ2v) is 6.82. The highest BCUT2D eigenvalue weighted by Gasteiger charge is 2.35. The Labute approximate surface area is 149 Å². The summed E-state index contributed by atoms with van der Waals surface area (Å²) >= 11 is 0. The van der Waals surface area contributed by atoms with Crippen LogP contribution in [0, 0.1) is 5.92 Å². The minimum Gasteiger partial charge on any atom is -0.353 e. The average Bonchev–Trinajstić information content (AvgIpc) is 3.19. The molecule has 0 aliphatic carbocycles. The molecule has 9 heteroatoms. The summed E-state index contributed by atoms with van der Waals surface area (Å²) in [7, 11) is 3.39. The number of hydrogen-bond acceptors (Lipinski definition) is 3. The smallest absolute Gasteiger partial charge is 0.353 e. The van der Waals surface area contributed by atoms with Crippen LogP contribution in [0.5, 0.6) is 0 Å². The molecule has 0 radical (unpaired) electrons. The van der Waals surface area contributed by atoms with Crippen molar-refractivity contribution in [3.05, 3.63) is 41.2 Å². The van der Waals surface area contributed by atoms with Gasteiger partial charge in [0.1, 0.15) is 11.5 Å². The number of rotatable bonds is 5. The summed E-state index contributed by atoms with van der Waals surface area (Å²) in [4.78, 5) is 20.1. The molecule has 3 rings (SSSR count). The number of nitrogens with one attached hydrogen (secondary N) is 2. The molecule has 0 spiro atoms. The van der Waals surface area contributed by atoms with Gasteiger partial charge >= 0.3 is 6.18 Å². The Morgan fingerprint density at radius 3 is 2.88 bits per heavy atom. The topological polar surface area (TPSA) is 66.0 Å². The lowest BCUT2D eigenvalue weighted by molar-refractivity contribution is -0.141. The molecule has 0 saturated heterocycles. The minimum atomic E-state index is -4.40. The summed E-state index contributed by atoms with van der Waals surface area (Å²) in [5, 5.41) is 3.31. The van der Waals surface area contributed by atoms with Crippen LogP contribution < -0.4 is 5.32 Å². The number of amides is 1. The van der Waals surface area contributed by atoms with E-state index in [-0.39, 0.29) is 11.8 Å². The Kier molecular flexibility index (Phi) is 5.08. The summed E-state index contributed by atoms with van der Waals surface area (Å²) in [6.07, 6.45) is -1.94. The van der Waals surface area contributed by atoms with E-state index in [2.05, 4.69) is 15.3 Å². The van der Waals surface area contributed by atoms with Crippen LogP contribution in [0.25, 0.3) is 0 Å². The number of fused-ring (bicyclic) bond motifs is 1. The van der Waals surface area contributed by atoms with Crippen molar-refractivity contribution in [1.82, 2.24) is 24.8 Å². The molecule has 3 heterocycles. The van der Waals surface area contributed by atoms with Crippen molar-refractivity contribution < 1.29 is 18.0 Å². The average molecular weight is 369 g/mol. The van der Waals surface area contributed by atoms with Crippen LogP contribution in [0.4, 0.5) is 13.2 Å². The molecular weight excluding hydrogens is 347 g/mol. The van der Waals surface area contributed by atoms with Crippen LogP contribution >= 0.6 is 0 Å². The Balaban J connectivity index is 1.51. The normalized spacial score (nSPS) is 17.2. The first kappa shape index (κ1) is 18.5. The van der Waals surface area contributed by atoms with Crippen molar-refractivity contribution in [1.29, 1.82) is 0 Å². The lowest BCUT2D eigenvalue weighted by Crippen LogP contribution is -2.29. The molecule has 2 N–H and O–H groups in total. The zero-order valence-electron chi connectivity index (χ0n) is 14.7. The van der Waals surface area contributed by atoms with Gasteiger partial charge in [-0.1, -0.05) is 0 Å². The number of nitrogens with zero attached hydrogens (tertiary/aromatic N) is 3. The predicted octanol–water partition coefficient (Wildman–Crippen LogP) is 2.28. The third-order valence-electron chi connectivity index (χ3n) is 4.51. The Hall–Kier alpha value is -2.29. The number of imidazole rings is 1. The Bertz CT molecular complexity index is 778. The summed E-state index contributed by atoms with van der Waals surface area (Å²) in [6.45, 7) is 1.79. The van der Waals surface area contributed by atoms with Gasteiger partial charge in [-0.2, -0.15) is 13.2 Å². The first-order chi connectivity index (χ1) is 12.2. The SMILES string of the molecule is CN(C)C(=O)c1ccc(CNCC2CCc3nc(C(F)(F)F)cn3C2)[nH]1. The van der Waals surface area contributed by atoms with Gasteiger partial charge in [0.2, 0.25) is 0 Å². The molecule has 2 aromatic rings. The van der Waals surface area contributed by atoms with Gasteiger partial charge in [0, 0.05) is 52.0 Å². The van der Waals surface area contributed by atoms with Gasteiger partial charge in [-0.05, 0) is 24.5 Å². The fourth-order valence-electron chi connectivity index (χ4n) is 3.14. The molecule has 1 aliphatic rings. The van der Waals surface area contributed by atoms with Crippen molar-refractivity contribution in [2.75, 3.05) is 20.6 Å². The molecule has 1 aliphatic heterocycles. The first-order valence-corrected chi connectivity index (χ1v) is 8.47. The predicted molar refractivity (Wildman–Crippen MR) is 89.6 cm³/mol. The van der Waals surface area contributed by atoms with Crippen LogP contribution in [0.3, 0.4) is 0 Å². The number of H-pyrrole nitrogens is 1. The lowest BCUT2D eigenvalue weighted by Gasteiger charge is -2.23. The zero-order valence-corrected chi connectivity index (χ0v) is 14.7. The van der Waals surface area contributed by atoms with Crippen molar-refractivity contribution in [2.45, 2.75) is 32.1 Å². The molecule has 1 amide bonds. The molecule has 0 saturated carbocycles. The first-order valence-electron chi connectivity index (χ1n) is 8.47. The number of carbonyl (C=O) groups excluding carboxylic acids is 1. The van der Waals surface area contributed by atoms with Gasteiger partial charge in [-0.15, -0.1) is 0 Å². The highest BCUT2D eigenvalue weighted by molar-refractivity contribution is 5.92. The van der Waals surface area contributed by atoms with E-state index in [0.717, 1.165) is 18.3 Å². The number of halogens is 3. The maximum absolute atomic E-state index is 12.8. The van der Waals surface area contributed by atoms with Crippen molar-refractivity contribution in [2.24, 2.45) is 5.92 Å². The van der Waals surface area contributed by atoms with E-state index in [9.17, 15) is 18.0 Å². The maximum Gasteiger partial charge on any atom is 0.434 e. The molecule has 26 heavy (non-hydrogen) atoms. The molecule has 0 aromatic carbocycles. The summed E-state index contributed by atoms with van der Waals surface area (Å²) in [5.41, 5.74) is 0.617. The highest BCUT2D eigenvalue weighted by Crippen LogP contribution is 2.30. The monoisotopic (exact) mass is 369 g/mol. The third-order valence-corrected chi connectivity index (χ3v) is 4.51. The standard InChI is InChI=1S/C17H22F3N5O/c1-24(2)16(26)13-5-4-12(22-13)8-21-7-11-3-6-15-23-14(17(18,19)20)10-25(15)9-11/h4-5,10-11,21-22H,3,6-9H2,1-2H3. The number of aromatic amines is 1. The molecule has 0 bridgehead atoms. The summed E-state index contributed by atoms with van der Waals surface area (Å²) < 4.78 is 39.9. The molecule has 6 nitrogen and oxygen atoms in total. The summed E-state index contributed by atoms with van der Waals surface area (Å²) in [5.74, 6) is 0.664. The van der Waals surface area contributed by atoms with E-state index in [1.165, 1.54) is 4.90 Å². The third kappa shape index (κ3) is 4.09. The lowest BCUT2D eigenvalue weighted by atomic mass is 9.99. The fraction of sp³-hybridized carbons (Fsp3) is 0.529. The quantitative estimate of drug-likeness (QED) is 0.850. The molecule has 142 valence electrons. The highest BCUT2D eigenvalue weighted by atomic mass is 19.4. The van der Waals surface area contributed by atoms with Crippen LogP contribution in [0.1, 0.15) is 34.1 Å². The Morgan fingerprint density at radius 2 is 2.19 bits per heavy atom. The van der Waals surface area contributed by atoms with E-state index in [0.29, 0.717) is 37.6 Å². The number of hydrogen-bond donors (Lipinski definition) is 2. The molecule has 1 unspecified atom stereocenters. The van der Waals surface area contributed by atoms with E-state index in [1.807, 2.05) is 6.07 Å². The van der Waals surface area contributed by atoms with Gasteiger partial charge in [-0.25, -0.2) is 4.98 Å². The van der Waals surface area contributed by atoms with Crippen LogP contribution in [-0.4, -0.2) is 46.0 Å². The van der Waals surface area contributed by atoms with E-state index >= 15 is 0 Å². The summed E-state index contributed by atoms with van der Waals surface area (Å²) in [6, 6.07) is 3.60. The number of aromatic nitrogens is 3. The largest absolute Gasteiger partial charge is 0.434 e. The van der Waals surface area contributed by atoms with Gasteiger partial charge in [-0.3, -0.25) is 4.79 Å². The fourth-order valence-corrected chi connectivity index (χ4v) is 3.14. The van der Waals surface area contributed by atoms with Crippen LogP contribution in [0.2, 0.25) is 0 Å². The van der Waals surface area contributed by atoms with Crippen LogP contribution in [0.15, 0.2) is 18.3 Å². The number of alkyl halides is 3. The number of carbonyl (C=O) groups is 1. The molecule has 2 aromatic heterocycles. The second-order valence-electron chi connectivity index (χ2n) is 6.82. The van der Waals surface area contributed by atoms with Gasteiger partial charge < -0.3 is 19.8 Å². The van der Waals surface area contributed by atoms with Crippen molar-refractivity contribution in [3.8, 4) is 0 Å². The van der Waals surface area contributed by atoms with Gasteiger partial charge in [0.05, 0.1) is 0 Å². The van der Waals surface area contributed by atoms with E-state index in [1.54, 1.807) is 24.7 Å². The van der Waals surface area contributed by atoms with Crippen molar-refractivity contribution >= 4 is 5.91 Å². The molecular formula is C17H22F3N5O. The van der Waals surface area contributed by atoms with Crippen molar-refractivity contribution in [3.63, 3.8) is 0 Å². The second kappa shape index (κ2) is 7.14. The van der Waals surface area contributed by atoms with Gasteiger partial charge in [0.15, 0.2) is 5.69 Å². The van der Waals surface area contributed by atoms with E-state index < -0.39 is 11.9 Å². The number of aryl methyl sites for hydroxylation is 1. The maximum atomic E-state index is 12.8. The Morgan fingerprint density at radius 1 is 1.42 bits per heavy atom. The zero-order chi connectivity index (χ0) is 18.9. The van der Waals surface area contributed by atoms with E-state index in [4.69, 9.17) is 0 Å². The molecule has 0 fully saturated rings. The minimum absolute atomic E-state index is 0.0864. The van der Waals surface area contributed by atoms with Crippen LogP contribution in [-0.2, 0) is 25.7 Å². The molecule has 1 atom stereocenters.